The molecule has 66 valence electrons. The molecule has 4 heteroatoms. The second-order valence-electron chi connectivity index (χ2n) is 2.35. The van der Waals surface area contributed by atoms with Crippen molar-refractivity contribution < 1.29 is 14.6 Å². The summed E-state index contributed by atoms with van der Waals surface area (Å²) in [5.41, 5.74) is 4.95. The van der Waals surface area contributed by atoms with Crippen LogP contribution in [0.3, 0.4) is 0 Å². The molecule has 3 N–H and O–H groups in total. The largest absolute Gasteiger partial charge is 0.466 e. The van der Waals surface area contributed by atoms with Crippen molar-refractivity contribution in [2.24, 2.45) is 5.73 Å². The third-order valence-corrected chi connectivity index (χ3v) is 1.14. The minimum Gasteiger partial charge on any atom is -0.466 e. The number of unbranched alkanes of at least 4 members (excludes halogenated alkanes) is 1. The van der Waals surface area contributed by atoms with E-state index < -0.39 is 12.2 Å². The molecular formula is C7H15NO3. The Hall–Kier alpha value is -0.610. The molecule has 0 heterocycles. The molecule has 0 aromatic carbocycles. The van der Waals surface area contributed by atoms with E-state index in [1.54, 1.807) is 0 Å². The highest BCUT2D eigenvalue weighted by atomic mass is 16.5. The van der Waals surface area contributed by atoms with Gasteiger partial charge >= 0.3 is 5.97 Å². The van der Waals surface area contributed by atoms with Crippen LogP contribution in [0.25, 0.3) is 0 Å². The number of carbonyl (C=O) groups excluding carboxylic acids is 1. The van der Waals surface area contributed by atoms with Gasteiger partial charge in [0.2, 0.25) is 0 Å². The van der Waals surface area contributed by atoms with Gasteiger partial charge in [-0.3, -0.25) is 4.79 Å². The summed E-state index contributed by atoms with van der Waals surface area (Å²) in [5.74, 6) is -0.437. The fraction of sp³-hybridized carbons (Fsp3) is 0.857. The van der Waals surface area contributed by atoms with E-state index in [4.69, 9.17) is 15.6 Å². The zero-order valence-corrected chi connectivity index (χ0v) is 6.75. The van der Waals surface area contributed by atoms with Crippen molar-refractivity contribution in [3.63, 3.8) is 0 Å². The number of aliphatic hydroxyl groups excluding tert-OH is 1. The molecule has 0 saturated carbocycles. The van der Waals surface area contributed by atoms with Gasteiger partial charge in [-0.15, -0.1) is 0 Å². The first-order chi connectivity index (χ1) is 5.16. The third-order valence-electron chi connectivity index (χ3n) is 1.14. The lowest BCUT2D eigenvalue weighted by molar-refractivity contribution is -0.145. The van der Waals surface area contributed by atoms with Crippen LogP contribution in [0, 0.1) is 0 Å². The first-order valence-electron chi connectivity index (χ1n) is 3.76. The van der Waals surface area contributed by atoms with E-state index >= 15 is 0 Å². The molecule has 0 aromatic rings. The van der Waals surface area contributed by atoms with Crippen molar-refractivity contribution in [3.8, 4) is 0 Å². The molecule has 0 radical (unpaired) electrons. The molecule has 0 fully saturated rings. The van der Waals surface area contributed by atoms with E-state index in [0.717, 1.165) is 12.8 Å². The van der Waals surface area contributed by atoms with Crippen molar-refractivity contribution in [2.45, 2.75) is 32.4 Å². The minimum absolute atomic E-state index is 0.121. The Kier molecular flexibility index (Phi) is 5.78. The monoisotopic (exact) mass is 161 g/mol. The van der Waals surface area contributed by atoms with Gasteiger partial charge in [0.05, 0.1) is 13.0 Å². The summed E-state index contributed by atoms with van der Waals surface area (Å²) in [4.78, 5) is 10.7. The van der Waals surface area contributed by atoms with Crippen molar-refractivity contribution in [1.29, 1.82) is 0 Å². The molecule has 1 atom stereocenters. The SMILES string of the molecule is CCCCOC(=O)CC(N)O. The molecule has 0 amide bonds. The summed E-state index contributed by atoms with van der Waals surface area (Å²) >= 11 is 0. The molecule has 0 aliphatic heterocycles. The molecule has 0 bridgehead atoms. The van der Waals surface area contributed by atoms with Crippen LogP contribution in [-0.2, 0) is 9.53 Å². The van der Waals surface area contributed by atoms with Crippen molar-refractivity contribution in [1.82, 2.24) is 0 Å². The Morgan fingerprint density at radius 3 is 2.82 bits per heavy atom. The van der Waals surface area contributed by atoms with E-state index in [9.17, 15) is 4.79 Å². The molecule has 0 rings (SSSR count). The highest BCUT2D eigenvalue weighted by molar-refractivity contribution is 5.69. The van der Waals surface area contributed by atoms with Gasteiger partial charge in [-0.25, -0.2) is 0 Å². The normalized spacial score (nSPS) is 12.6. The van der Waals surface area contributed by atoms with Crippen LogP contribution in [0.2, 0.25) is 0 Å². The number of nitrogens with two attached hydrogens (primary N) is 1. The first kappa shape index (κ1) is 10.4. The minimum atomic E-state index is -1.09. The van der Waals surface area contributed by atoms with E-state index in [1.807, 2.05) is 6.92 Å². The number of hydrogen-bond acceptors (Lipinski definition) is 4. The molecule has 0 aliphatic carbocycles. The second kappa shape index (κ2) is 6.12. The number of hydrogen-bond donors (Lipinski definition) is 2. The average Bonchev–Trinajstić information content (AvgIpc) is 1.86. The van der Waals surface area contributed by atoms with Gasteiger partial charge in [0, 0.05) is 0 Å². The van der Waals surface area contributed by atoms with Crippen LogP contribution >= 0.6 is 0 Å². The zero-order chi connectivity index (χ0) is 8.69. The van der Waals surface area contributed by atoms with Crippen LogP contribution in [0.4, 0.5) is 0 Å². The van der Waals surface area contributed by atoms with Crippen LogP contribution < -0.4 is 5.73 Å². The van der Waals surface area contributed by atoms with E-state index in [1.165, 1.54) is 0 Å². The molecular weight excluding hydrogens is 146 g/mol. The fourth-order valence-corrected chi connectivity index (χ4v) is 0.560. The lowest BCUT2D eigenvalue weighted by atomic mass is 10.3. The number of aliphatic hydroxyl groups is 1. The summed E-state index contributed by atoms with van der Waals surface area (Å²) < 4.78 is 4.71. The molecule has 11 heavy (non-hydrogen) atoms. The first-order valence-corrected chi connectivity index (χ1v) is 3.76. The Bertz CT molecular complexity index is 114. The maximum Gasteiger partial charge on any atom is 0.309 e. The summed E-state index contributed by atoms with van der Waals surface area (Å²) in [6, 6.07) is 0. The van der Waals surface area contributed by atoms with Crippen LogP contribution in [-0.4, -0.2) is 23.9 Å². The van der Waals surface area contributed by atoms with Crippen LogP contribution in [0.1, 0.15) is 26.2 Å². The van der Waals surface area contributed by atoms with Gasteiger partial charge in [0.25, 0.3) is 0 Å². The fourth-order valence-electron chi connectivity index (χ4n) is 0.560. The Balaban J connectivity index is 3.23. The van der Waals surface area contributed by atoms with E-state index in [-0.39, 0.29) is 6.42 Å². The molecule has 0 aromatic heterocycles. The predicted molar refractivity (Wildman–Crippen MR) is 40.7 cm³/mol. The summed E-state index contributed by atoms with van der Waals surface area (Å²) in [5, 5.41) is 8.56. The quantitative estimate of drug-likeness (QED) is 0.338. The van der Waals surface area contributed by atoms with Crippen molar-refractivity contribution in [3.05, 3.63) is 0 Å². The Morgan fingerprint density at radius 2 is 2.36 bits per heavy atom. The highest BCUT2D eigenvalue weighted by Crippen LogP contribution is 1.92. The molecule has 0 saturated heterocycles. The van der Waals surface area contributed by atoms with E-state index in [2.05, 4.69) is 0 Å². The maximum absolute atomic E-state index is 10.7. The topological polar surface area (TPSA) is 72.5 Å². The molecule has 0 spiro atoms. The summed E-state index contributed by atoms with van der Waals surface area (Å²) in [6.07, 6.45) is 0.623. The average molecular weight is 161 g/mol. The van der Waals surface area contributed by atoms with Gasteiger partial charge in [0.15, 0.2) is 0 Å². The maximum atomic E-state index is 10.7. The summed E-state index contributed by atoms with van der Waals surface area (Å²) in [6.45, 7) is 2.42. The smallest absolute Gasteiger partial charge is 0.309 e. The molecule has 0 aliphatic rings. The highest BCUT2D eigenvalue weighted by Gasteiger charge is 2.06. The molecule has 1 unspecified atom stereocenters. The number of rotatable bonds is 5. The van der Waals surface area contributed by atoms with Gasteiger partial charge in [-0.05, 0) is 6.42 Å². The van der Waals surface area contributed by atoms with Gasteiger partial charge < -0.3 is 15.6 Å². The lowest BCUT2D eigenvalue weighted by Gasteiger charge is -2.04. The standard InChI is InChI=1S/C7H15NO3/c1-2-3-4-11-7(10)5-6(8)9/h6,9H,2-5,8H2,1H3. The Labute approximate surface area is 66.3 Å². The number of esters is 1. The Morgan fingerprint density at radius 1 is 1.73 bits per heavy atom. The van der Waals surface area contributed by atoms with Gasteiger partial charge in [-0.2, -0.15) is 0 Å². The van der Waals surface area contributed by atoms with Gasteiger partial charge in [-0.1, -0.05) is 13.3 Å². The zero-order valence-electron chi connectivity index (χ0n) is 6.75. The van der Waals surface area contributed by atoms with Gasteiger partial charge in [0.1, 0.15) is 6.23 Å². The van der Waals surface area contributed by atoms with Crippen molar-refractivity contribution in [2.75, 3.05) is 6.61 Å². The summed E-state index contributed by atoms with van der Waals surface area (Å²) in [7, 11) is 0. The van der Waals surface area contributed by atoms with Crippen molar-refractivity contribution >= 4 is 5.97 Å². The van der Waals surface area contributed by atoms with Crippen LogP contribution in [0.5, 0.6) is 0 Å². The second-order valence-corrected chi connectivity index (χ2v) is 2.35. The third kappa shape index (κ3) is 7.29. The number of ether oxygens (including phenoxy) is 1. The molecule has 4 nitrogen and oxygen atoms in total. The van der Waals surface area contributed by atoms with E-state index in [0.29, 0.717) is 6.61 Å². The lowest BCUT2D eigenvalue weighted by Crippen LogP contribution is -2.24. The van der Waals surface area contributed by atoms with Crippen LogP contribution in [0.15, 0.2) is 0 Å². The number of carbonyl (C=O) groups is 1. The predicted octanol–water partition coefficient (Wildman–Crippen LogP) is -0.00310.